The molecule has 0 bridgehead atoms. The van der Waals surface area contributed by atoms with Crippen molar-refractivity contribution in [3.05, 3.63) is 75.3 Å². The molecule has 0 saturated carbocycles. The Hall–Kier alpha value is -2.44. The van der Waals surface area contributed by atoms with E-state index in [9.17, 15) is 4.79 Å². The van der Waals surface area contributed by atoms with Crippen molar-refractivity contribution < 1.29 is 0 Å². The molecule has 0 fully saturated rings. The summed E-state index contributed by atoms with van der Waals surface area (Å²) in [5.74, 6) is 0. The fourth-order valence-corrected chi connectivity index (χ4v) is 3.36. The highest BCUT2D eigenvalue weighted by Crippen LogP contribution is 2.18. The molecule has 1 aliphatic rings. The van der Waals surface area contributed by atoms with Crippen LogP contribution >= 0.6 is 23.8 Å². The lowest BCUT2D eigenvalue weighted by Crippen LogP contribution is -2.42. The minimum Gasteiger partial charge on any atom is -0.344 e. The van der Waals surface area contributed by atoms with Crippen LogP contribution in [0.5, 0.6) is 0 Å². The minimum absolute atomic E-state index is 0.0282. The average Bonchev–Trinajstić information content (AvgIpc) is 2.63. The molecule has 126 valence electrons. The van der Waals surface area contributed by atoms with E-state index < -0.39 is 0 Å². The highest BCUT2D eigenvalue weighted by atomic mass is 35.5. The van der Waals surface area contributed by atoms with Gasteiger partial charge in [-0.2, -0.15) is 0 Å². The molecule has 0 saturated heterocycles. The number of aromatic nitrogens is 2. The summed E-state index contributed by atoms with van der Waals surface area (Å²) in [6.07, 6.45) is 2.44. The van der Waals surface area contributed by atoms with E-state index >= 15 is 0 Å². The lowest BCUT2D eigenvalue weighted by Gasteiger charge is -2.30. The number of anilines is 1. The van der Waals surface area contributed by atoms with E-state index in [1.165, 1.54) is 0 Å². The van der Waals surface area contributed by atoms with E-state index in [-0.39, 0.29) is 5.56 Å². The smallest absolute Gasteiger partial charge is 0.263 e. The Morgan fingerprint density at radius 2 is 2.00 bits per heavy atom. The first-order valence-electron chi connectivity index (χ1n) is 7.92. The van der Waals surface area contributed by atoms with Gasteiger partial charge in [0, 0.05) is 29.9 Å². The maximum atomic E-state index is 12.8. The molecule has 5 nitrogen and oxygen atoms in total. The third-order valence-electron chi connectivity index (χ3n) is 4.26. The van der Waals surface area contributed by atoms with Gasteiger partial charge in [-0.25, -0.2) is 4.98 Å². The van der Waals surface area contributed by atoms with Gasteiger partial charge in [0.05, 0.1) is 17.8 Å². The normalized spacial score (nSPS) is 13.6. The topological polar surface area (TPSA) is 49.6 Å². The summed E-state index contributed by atoms with van der Waals surface area (Å²) in [4.78, 5) is 19.4. The summed E-state index contributed by atoms with van der Waals surface area (Å²) in [6.45, 7) is 1.18. The van der Waals surface area contributed by atoms with Gasteiger partial charge in [0.2, 0.25) is 0 Å². The van der Waals surface area contributed by atoms with Crippen LogP contribution in [0.1, 0.15) is 11.3 Å². The fourth-order valence-electron chi connectivity index (χ4n) is 2.96. The van der Waals surface area contributed by atoms with Crippen molar-refractivity contribution in [2.45, 2.75) is 13.0 Å². The van der Waals surface area contributed by atoms with Crippen LogP contribution in [0.15, 0.2) is 53.5 Å². The van der Waals surface area contributed by atoms with E-state index in [2.05, 4.69) is 10.3 Å². The van der Waals surface area contributed by atoms with Crippen LogP contribution in [-0.2, 0) is 13.0 Å². The zero-order valence-electron chi connectivity index (χ0n) is 13.3. The molecule has 1 aliphatic heterocycles. The van der Waals surface area contributed by atoms with Crippen LogP contribution in [-0.4, -0.2) is 25.9 Å². The second kappa shape index (κ2) is 6.46. The molecule has 1 N–H and O–H groups in total. The Kier molecular flexibility index (Phi) is 4.15. The standard InChI is InChI=1S/C18H15ClN4OS/c19-12-4-6-13(7-5-12)20-18(25)22-10-8-15-14(11-22)17(24)23-9-2-1-3-16(23)21-15/h1-7,9H,8,10-11H2,(H,20,25). The van der Waals surface area contributed by atoms with E-state index in [0.29, 0.717) is 34.3 Å². The summed E-state index contributed by atoms with van der Waals surface area (Å²) in [7, 11) is 0. The number of nitrogens with one attached hydrogen (secondary N) is 1. The molecule has 4 rings (SSSR count). The quantitative estimate of drug-likeness (QED) is 0.667. The van der Waals surface area contributed by atoms with Gasteiger partial charge in [0.25, 0.3) is 5.56 Å². The van der Waals surface area contributed by atoms with Crippen molar-refractivity contribution in [1.29, 1.82) is 0 Å². The molecule has 25 heavy (non-hydrogen) atoms. The van der Waals surface area contributed by atoms with Crippen molar-refractivity contribution in [2.24, 2.45) is 0 Å². The van der Waals surface area contributed by atoms with Crippen LogP contribution in [0, 0.1) is 0 Å². The first-order chi connectivity index (χ1) is 12.1. The molecule has 0 spiro atoms. The average molecular weight is 371 g/mol. The molecule has 7 heteroatoms. The highest BCUT2D eigenvalue weighted by Gasteiger charge is 2.23. The molecule has 0 unspecified atom stereocenters. The number of rotatable bonds is 1. The van der Waals surface area contributed by atoms with Crippen LogP contribution < -0.4 is 10.9 Å². The molecule has 0 amide bonds. The number of thiocarbonyl (C=S) groups is 1. The van der Waals surface area contributed by atoms with Crippen LogP contribution in [0.25, 0.3) is 5.65 Å². The second-order valence-electron chi connectivity index (χ2n) is 5.88. The van der Waals surface area contributed by atoms with Crippen LogP contribution in [0.3, 0.4) is 0 Å². The molecule has 0 aliphatic carbocycles. The molecular weight excluding hydrogens is 356 g/mol. The number of nitrogens with zero attached hydrogens (tertiary/aromatic N) is 3. The number of hydrogen-bond acceptors (Lipinski definition) is 3. The van der Waals surface area contributed by atoms with E-state index in [1.54, 1.807) is 22.7 Å². The highest BCUT2D eigenvalue weighted by molar-refractivity contribution is 7.80. The maximum Gasteiger partial charge on any atom is 0.263 e. The van der Waals surface area contributed by atoms with E-state index in [0.717, 1.165) is 17.9 Å². The zero-order chi connectivity index (χ0) is 17.4. The van der Waals surface area contributed by atoms with Gasteiger partial charge in [-0.1, -0.05) is 17.7 Å². The lowest BCUT2D eigenvalue weighted by molar-refractivity contribution is 0.392. The molecule has 0 atom stereocenters. The number of fused-ring (bicyclic) bond motifs is 2. The fraction of sp³-hybridized carbons (Fsp3) is 0.167. The molecule has 3 heterocycles. The molecule has 1 aromatic carbocycles. The molecular formula is C18H15ClN4OS. The van der Waals surface area contributed by atoms with E-state index in [4.69, 9.17) is 23.8 Å². The van der Waals surface area contributed by atoms with E-state index in [1.807, 2.05) is 35.2 Å². The Balaban J connectivity index is 1.60. The SMILES string of the molecule is O=c1c2c(nc3ccccn13)CCN(C(=S)Nc1ccc(Cl)cc1)C2. The summed E-state index contributed by atoms with van der Waals surface area (Å²) >= 11 is 11.4. The van der Waals surface area contributed by atoms with Gasteiger partial charge in [0.1, 0.15) is 5.65 Å². The first-order valence-corrected chi connectivity index (χ1v) is 8.71. The van der Waals surface area contributed by atoms with Crippen molar-refractivity contribution in [3.63, 3.8) is 0 Å². The summed E-state index contributed by atoms with van der Waals surface area (Å²) in [5, 5.41) is 4.46. The predicted molar refractivity (Wildman–Crippen MR) is 103 cm³/mol. The van der Waals surface area contributed by atoms with Crippen LogP contribution in [0.2, 0.25) is 5.02 Å². The zero-order valence-corrected chi connectivity index (χ0v) is 14.8. The third-order valence-corrected chi connectivity index (χ3v) is 4.88. The molecule has 2 aromatic heterocycles. The monoisotopic (exact) mass is 370 g/mol. The number of halogens is 1. The Bertz CT molecular complexity index is 1020. The van der Waals surface area contributed by atoms with Gasteiger partial charge < -0.3 is 10.2 Å². The van der Waals surface area contributed by atoms with Crippen molar-refractivity contribution in [1.82, 2.24) is 14.3 Å². The largest absolute Gasteiger partial charge is 0.344 e. The van der Waals surface area contributed by atoms with Crippen LogP contribution in [0.4, 0.5) is 5.69 Å². The maximum absolute atomic E-state index is 12.8. The van der Waals surface area contributed by atoms with Gasteiger partial charge in [-0.3, -0.25) is 9.20 Å². The summed E-state index contributed by atoms with van der Waals surface area (Å²) in [6, 6.07) is 12.9. The lowest BCUT2D eigenvalue weighted by atomic mass is 10.1. The molecule has 0 radical (unpaired) electrons. The van der Waals surface area contributed by atoms with Gasteiger partial charge in [0.15, 0.2) is 5.11 Å². The number of pyridine rings is 1. The van der Waals surface area contributed by atoms with Crippen molar-refractivity contribution >= 4 is 40.3 Å². The Morgan fingerprint density at radius 1 is 1.20 bits per heavy atom. The second-order valence-corrected chi connectivity index (χ2v) is 6.70. The Labute approximate surface area is 154 Å². The Morgan fingerprint density at radius 3 is 2.80 bits per heavy atom. The molecule has 3 aromatic rings. The summed E-state index contributed by atoms with van der Waals surface area (Å²) < 4.78 is 1.58. The first kappa shape index (κ1) is 16.1. The van der Waals surface area contributed by atoms with Crippen molar-refractivity contribution in [3.8, 4) is 0 Å². The summed E-state index contributed by atoms with van der Waals surface area (Å²) in [5.41, 5.74) is 3.09. The van der Waals surface area contributed by atoms with Crippen molar-refractivity contribution in [2.75, 3.05) is 11.9 Å². The van der Waals surface area contributed by atoms with Gasteiger partial charge in [-0.05, 0) is 48.6 Å². The number of benzene rings is 1. The third kappa shape index (κ3) is 3.10. The van der Waals surface area contributed by atoms with Gasteiger partial charge >= 0.3 is 0 Å². The minimum atomic E-state index is -0.0282. The number of hydrogen-bond donors (Lipinski definition) is 1. The predicted octanol–water partition coefficient (Wildman–Crippen LogP) is 3.10. The van der Waals surface area contributed by atoms with Gasteiger partial charge in [-0.15, -0.1) is 0 Å².